The summed E-state index contributed by atoms with van der Waals surface area (Å²) in [5.41, 5.74) is 1.10. The molecule has 1 N–H and O–H groups in total. The molecule has 5 nitrogen and oxygen atoms in total. The van der Waals surface area contributed by atoms with E-state index in [-0.39, 0.29) is 11.3 Å². The van der Waals surface area contributed by atoms with Crippen LogP contribution in [0.15, 0.2) is 53.6 Å². The maximum atomic E-state index is 12.6. The number of halogens is 3. The maximum absolute atomic E-state index is 12.6. The summed E-state index contributed by atoms with van der Waals surface area (Å²) in [4.78, 5) is 17.0. The van der Waals surface area contributed by atoms with Gasteiger partial charge in [-0.05, 0) is 74.7 Å². The summed E-state index contributed by atoms with van der Waals surface area (Å²) < 4.78 is 3.12. The van der Waals surface area contributed by atoms with E-state index in [2.05, 4.69) is 57.9 Å². The van der Waals surface area contributed by atoms with Crippen LogP contribution in [0, 0.1) is 6.92 Å². The van der Waals surface area contributed by atoms with Gasteiger partial charge in [0, 0.05) is 4.47 Å². The second kappa shape index (κ2) is 6.78. The average Bonchev–Trinajstić information content (AvgIpc) is 2.53. The molecule has 0 saturated heterocycles. The minimum absolute atomic E-state index is 0.109. The molecule has 0 aliphatic carbocycles. The first kappa shape index (κ1) is 17.3. The van der Waals surface area contributed by atoms with Gasteiger partial charge in [-0.2, -0.15) is 9.78 Å². The van der Waals surface area contributed by atoms with E-state index in [1.165, 1.54) is 10.9 Å². The van der Waals surface area contributed by atoms with Gasteiger partial charge in [0.15, 0.2) is 0 Å². The number of hydrogen-bond donors (Lipinski definition) is 1. The van der Waals surface area contributed by atoms with E-state index in [0.29, 0.717) is 31.2 Å². The fourth-order valence-electron chi connectivity index (χ4n) is 2.18. The molecule has 1 heterocycles. The number of benzene rings is 2. The number of phenols is 1. The Morgan fingerprint density at radius 3 is 2.50 bits per heavy atom. The third kappa shape index (κ3) is 3.31. The number of nitrogens with zero attached hydrogens (tertiary/aromatic N) is 3. The standard InChI is InChI=1S/C16H10Br3N3O2/c1-8-21-14-3-2-10(17)6-11(14)16(24)22(8)20-7-9-4-12(18)15(23)13(19)5-9/h2-7,23H,1H3. The zero-order valence-corrected chi connectivity index (χ0v) is 17.1. The van der Waals surface area contributed by atoms with Crippen molar-refractivity contribution in [1.29, 1.82) is 0 Å². The Morgan fingerprint density at radius 1 is 1.17 bits per heavy atom. The molecule has 122 valence electrons. The number of fused-ring (bicyclic) bond motifs is 1. The van der Waals surface area contributed by atoms with Crippen molar-refractivity contribution in [3.05, 3.63) is 65.5 Å². The van der Waals surface area contributed by atoms with Gasteiger partial charge in [0.05, 0.1) is 26.1 Å². The molecule has 24 heavy (non-hydrogen) atoms. The van der Waals surface area contributed by atoms with Crippen LogP contribution in [0.2, 0.25) is 0 Å². The van der Waals surface area contributed by atoms with Gasteiger partial charge in [0.1, 0.15) is 11.6 Å². The van der Waals surface area contributed by atoms with Gasteiger partial charge in [0.25, 0.3) is 5.56 Å². The fourth-order valence-corrected chi connectivity index (χ4v) is 3.76. The Hall–Kier alpha value is -1.51. The Bertz CT molecular complexity index is 1020. The quantitative estimate of drug-likeness (QED) is 0.508. The topological polar surface area (TPSA) is 67.5 Å². The number of aryl methyl sites for hydroxylation is 1. The molecule has 0 aliphatic rings. The van der Waals surface area contributed by atoms with E-state index in [1.807, 2.05) is 6.07 Å². The van der Waals surface area contributed by atoms with E-state index in [9.17, 15) is 9.90 Å². The third-order valence-electron chi connectivity index (χ3n) is 3.33. The monoisotopic (exact) mass is 513 g/mol. The fraction of sp³-hybridized carbons (Fsp3) is 0.0625. The highest BCUT2D eigenvalue weighted by Crippen LogP contribution is 2.32. The molecule has 0 amide bonds. The molecule has 3 rings (SSSR count). The normalized spacial score (nSPS) is 11.5. The number of rotatable bonds is 2. The van der Waals surface area contributed by atoms with Gasteiger partial charge in [-0.3, -0.25) is 4.79 Å². The van der Waals surface area contributed by atoms with E-state index in [4.69, 9.17) is 0 Å². The van der Waals surface area contributed by atoms with Crippen molar-refractivity contribution in [2.75, 3.05) is 0 Å². The van der Waals surface area contributed by atoms with Crippen molar-refractivity contribution in [1.82, 2.24) is 9.66 Å². The van der Waals surface area contributed by atoms with Gasteiger partial charge in [0.2, 0.25) is 0 Å². The molecular weight excluding hydrogens is 506 g/mol. The Kier molecular flexibility index (Phi) is 4.89. The van der Waals surface area contributed by atoms with Crippen LogP contribution in [0.3, 0.4) is 0 Å². The summed E-state index contributed by atoms with van der Waals surface area (Å²) in [5.74, 6) is 0.598. The molecule has 1 aromatic heterocycles. The van der Waals surface area contributed by atoms with E-state index in [0.717, 1.165) is 4.47 Å². The highest BCUT2D eigenvalue weighted by molar-refractivity contribution is 9.11. The summed E-state index contributed by atoms with van der Waals surface area (Å²) in [6.07, 6.45) is 1.54. The molecule has 0 saturated carbocycles. The SMILES string of the molecule is Cc1nc2ccc(Br)cc2c(=O)n1N=Cc1cc(Br)c(O)c(Br)c1. The lowest BCUT2D eigenvalue weighted by atomic mass is 10.2. The van der Waals surface area contributed by atoms with Crippen LogP contribution in [0.4, 0.5) is 0 Å². The largest absolute Gasteiger partial charge is 0.506 e. The zero-order valence-electron chi connectivity index (χ0n) is 12.3. The molecule has 0 fully saturated rings. The first-order valence-corrected chi connectivity index (χ1v) is 9.16. The second-order valence-electron chi connectivity index (χ2n) is 5.02. The van der Waals surface area contributed by atoms with E-state index >= 15 is 0 Å². The number of hydrogen-bond acceptors (Lipinski definition) is 4. The summed E-state index contributed by atoms with van der Waals surface area (Å²) in [7, 11) is 0. The highest BCUT2D eigenvalue weighted by atomic mass is 79.9. The van der Waals surface area contributed by atoms with Crippen LogP contribution < -0.4 is 5.56 Å². The van der Waals surface area contributed by atoms with E-state index in [1.54, 1.807) is 31.2 Å². The third-order valence-corrected chi connectivity index (χ3v) is 5.03. The van der Waals surface area contributed by atoms with Crippen molar-refractivity contribution in [3.8, 4) is 5.75 Å². The number of aromatic hydroxyl groups is 1. The van der Waals surface area contributed by atoms with Gasteiger partial charge in [-0.1, -0.05) is 15.9 Å². The van der Waals surface area contributed by atoms with Crippen molar-refractivity contribution in [3.63, 3.8) is 0 Å². The first-order valence-electron chi connectivity index (χ1n) is 6.78. The molecule has 8 heteroatoms. The number of aromatic nitrogens is 2. The maximum Gasteiger partial charge on any atom is 0.282 e. The molecule has 2 aromatic carbocycles. The minimum atomic E-state index is -0.244. The van der Waals surface area contributed by atoms with Gasteiger partial charge in [-0.15, -0.1) is 0 Å². The highest BCUT2D eigenvalue weighted by Gasteiger charge is 2.08. The summed E-state index contributed by atoms with van der Waals surface area (Å²) >= 11 is 9.89. The van der Waals surface area contributed by atoms with Crippen LogP contribution in [0.1, 0.15) is 11.4 Å². The van der Waals surface area contributed by atoms with Crippen molar-refractivity contribution < 1.29 is 5.11 Å². The molecule has 0 radical (unpaired) electrons. The zero-order chi connectivity index (χ0) is 17.4. The van der Waals surface area contributed by atoms with Crippen LogP contribution in [-0.4, -0.2) is 21.0 Å². The molecule has 3 aromatic rings. The lowest BCUT2D eigenvalue weighted by molar-refractivity contribution is 0.468. The van der Waals surface area contributed by atoms with Crippen molar-refractivity contribution in [2.24, 2.45) is 5.10 Å². The van der Waals surface area contributed by atoms with Gasteiger partial charge >= 0.3 is 0 Å². The van der Waals surface area contributed by atoms with Crippen LogP contribution in [-0.2, 0) is 0 Å². The smallest absolute Gasteiger partial charge is 0.282 e. The Balaban J connectivity index is 2.12. The lowest BCUT2D eigenvalue weighted by Gasteiger charge is -2.06. The summed E-state index contributed by atoms with van der Waals surface area (Å²) in [6.45, 7) is 1.73. The minimum Gasteiger partial charge on any atom is -0.506 e. The lowest BCUT2D eigenvalue weighted by Crippen LogP contribution is -2.20. The van der Waals surface area contributed by atoms with Crippen molar-refractivity contribution >= 4 is 64.9 Å². The first-order chi connectivity index (χ1) is 11.4. The van der Waals surface area contributed by atoms with E-state index < -0.39 is 0 Å². The van der Waals surface area contributed by atoms with Crippen LogP contribution in [0.25, 0.3) is 10.9 Å². The molecular formula is C16H10Br3N3O2. The van der Waals surface area contributed by atoms with Gasteiger partial charge < -0.3 is 5.11 Å². The van der Waals surface area contributed by atoms with Crippen LogP contribution >= 0.6 is 47.8 Å². The summed E-state index contributed by atoms with van der Waals surface area (Å²) in [5, 5.41) is 14.5. The van der Waals surface area contributed by atoms with Gasteiger partial charge in [-0.25, -0.2) is 4.98 Å². The summed E-state index contributed by atoms with van der Waals surface area (Å²) in [6, 6.07) is 8.76. The van der Waals surface area contributed by atoms with Crippen molar-refractivity contribution in [2.45, 2.75) is 6.92 Å². The molecule has 0 spiro atoms. The average molecular weight is 516 g/mol. The molecule has 0 aliphatic heterocycles. The second-order valence-corrected chi connectivity index (χ2v) is 7.64. The molecule has 0 atom stereocenters. The number of phenolic OH excluding ortho intramolecular Hbond substituents is 1. The van der Waals surface area contributed by atoms with Crippen LogP contribution in [0.5, 0.6) is 5.75 Å². The Morgan fingerprint density at radius 2 is 1.83 bits per heavy atom. The Labute approximate surface area is 162 Å². The molecule has 0 bridgehead atoms. The molecule has 0 unspecified atom stereocenters. The predicted octanol–water partition coefficient (Wildman–Crippen LogP) is 4.58. The predicted molar refractivity (Wildman–Crippen MR) is 105 cm³/mol.